The zero-order valence-corrected chi connectivity index (χ0v) is 50.9. The van der Waals surface area contributed by atoms with Crippen molar-refractivity contribution in [3.8, 4) is 61.6 Å². The van der Waals surface area contributed by atoms with E-state index in [1.807, 2.05) is 36.4 Å². The van der Waals surface area contributed by atoms with Crippen LogP contribution in [0, 0.1) is 0 Å². The summed E-state index contributed by atoms with van der Waals surface area (Å²) in [6.45, 7) is 0. The minimum absolute atomic E-state index is 0.490. The van der Waals surface area contributed by atoms with Gasteiger partial charge in [0.05, 0.1) is 33.1 Å². The largest absolute Gasteiger partial charge is 0.488 e. The molecule has 5 nitrogen and oxygen atoms in total. The van der Waals surface area contributed by atoms with Gasteiger partial charge in [-0.15, -0.1) is 0 Å². The average molecular weight is 1260 g/mol. The molecule has 0 bridgehead atoms. The first-order chi connectivity index (χ1) is 43.3. The molecule has 0 amide bonds. The van der Waals surface area contributed by atoms with Crippen LogP contribution in [0.5, 0.6) is 0 Å². The molecule has 18 rings (SSSR count). The van der Waals surface area contributed by atoms with Gasteiger partial charge in [-0.05, 0) is 182 Å². The monoisotopic (exact) mass is 1260 g/mol. The zero-order valence-electron chi connectivity index (χ0n) is 47.7. The molecule has 0 saturated heterocycles. The molecular formula is C80H54BBr2N3O2. The first-order valence-electron chi connectivity index (χ1n) is 29.7. The van der Waals surface area contributed by atoms with Crippen molar-refractivity contribution in [3.05, 3.63) is 322 Å². The van der Waals surface area contributed by atoms with E-state index >= 15 is 0 Å². The fourth-order valence-corrected chi connectivity index (χ4v) is 14.5. The topological polar surface area (TPSA) is 55.2 Å². The Bertz CT molecular complexity index is 4980. The molecule has 13 aromatic carbocycles. The van der Waals surface area contributed by atoms with Gasteiger partial charge in [-0.3, -0.25) is 0 Å². The molecule has 0 spiro atoms. The maximum atomic E-state index is 9.24. The van der Waals surface area contributed by atoms with Crippen LogP contribution in [-0.4, -0.2) is 30.9 Å². The van der Waals surface area contributed by atoms with E-state index in [-0.39, 0.29) is 0 Å². The molecule has 88 heavy (non-hydrogen) atoms. The van der Waals surface area contributed by atoms with E-state index in [0.717, 1.165) is 38.5 Å². The summed E-state index contributed by atoms with van der Waals surface area (Å²) in [4.78, 5) is 0. The van der Waals surface area contributed by atoms with E-state index < -0.39 is 7.12 Å². The molecule has 0 unspecified atom stereocenters. The zero-order chi connectivity index (χ0) is 59.0. The highest BCUT2D eigenvalue weighted by atomic mass is 79.9. The molecule has 3 heterocycles. The Morgan fingerprint density at radius 2 is 0.511 bits per heavy atom. The van der Waals surface area contributed by atoms with Crippen molar-refractivity contribution in [2.75, 3.05) is 0 Å². The van der Waals surface area contributed by atoms with Gasteiger partial charge in [-0.25, -0.2) is 0 Å². The van der Waals surface area contributed by atoms with E-state index in [1.165, 1.54) is 133 Å². The highest BCUT2D eigenvalue weighted by Gasteiger charge is 2.22. The predicted molar refractivity (Wildman–Crippen MR) is 375 cm³/mol. The van der Waals surface area contributed by atoms with Crippen LogP contribution in [0.1, 0.15) is 22.3 Å². The van der Waals surface area contributed by atoms with Gasteiger partial charge in [0, 0.05) is 58.3 Å². The molecule has 0 fully saturated rings. The third-order valence-electron chi connectivity index (χ3n) is 17.8. The quantitative estimate of drug-likeness (QED) is 0.163. The standard InChI is InChI=1S/C49H32N2.C18H14BNO2.C13H8Br2/c1-5-13-46-42(9-1)43-10-2-6-14-47(43)50(46)38-23-17-32(18-24-38)34-21-27-40-36(29-34)31-37-30-35(22-28-41(37)40)33-19-25-39(26-20-33)51-48-15-7-3-11-44(48)45-12-4-8-16-49(45)51;21-19(22)13-9-11-14(12-10-13)20-17-7-3-1-5-15(17)16-6-2-4-8-18(16)20;14-10-1-3-12-8(6-10)5-9-7-11(15)2-4-13(9)12/h1-30H,31H2;1-12,21-22H;1-4,6-7H,5H2. The Hall–Kier alpha value is -9.80. The summed E-state index contributed by atoms with van der Waals surface area (Å²) >= 11 is 7.03. The summed E-state index contributed by atoms with van der Waals surface area (Å²) in [6.07, 6.45) is 1.99. The molecule has 0 atom stereocenters. The van der Waals surface area contributed by atoms with Crippen LogP contribution in [0.15, 0.2) is 300 Å². The third kappa shape index (κ3) is 9.39. The van der Waals surface area contributed by atoms with Crippen molar-refractivity contribution in [3.63, 3.8) is 0 Å². The van der Waals surface area contributed by atoms with E-state index in [0.29, 0.717) is 5.46 Å². The van der Waals surface area contributed by atoms with Crippen LogP contribution < -0.4 is 5.46 Å². The summed E-state index contributed by atoms with van der Waals surface area (Å²) in [7, 11) is -1.44. The number of para-hydroxylation sites is 6. The van der Waals surface area contributed by atoms with Crippen LogP contribution in [0.25, 0.3) is 127 Å². The maximum absolute atomic E-state index is 9.24. The van der Waals surface area contributed by atoms with Crippen molar-refractivity contribution < 1.29 is 10.0 Å². The molecule has 3 aromatic heterocycles. The fourth-order valence-electron chi connectivity index (χ4n) is 13.7. The summed E-state index contributed by atoms with van der Waals surface area (Å²) in [5, 5.41) is 26.0. The SMILES string of the molecule is Brc1ccc2c(c1)Cc1cc(Br)ccc1-2.OB(O)c1ccc(-n2c3ccccc3c3ccccc32)cc1.c1ccc2c(c1)c1ccccc1n2-c1ccc(-c2ccc3c(c2)Cc2cc(-c4ccc(-n5c6ccccc6c6ccccc65)cc4)ccc2-3)cc1. The third-order valence-corrected chi connectivity index (χ3v) is 18.8. The predicted octanol–water partition coefficient (Wildman–Crippen LogP) is 20.0. The first kappa shape index (κ1) is 53.7. The van der Waals surface area contributed by atoms with Gasteiger partial charge in [0.15, 0.2) is 0 Å². The van der Waals surface area contributed by atoms with Crippen molar-refractivity contribution >= 4 is 110 Å². The number of hydrogen-bond donors (Lipinski definition) is 2. The molecule has 0 radical (unpaired) electrons. The number of aromatic nitrogens is 3. The molecule has 16 aromatic rings. The van der Waals surface area contributed by atoms with Crippen LogP contribution in [0.4, 0.5) is 0 Å². The lowest BCUT2D eigenvalue weighted by atomic mass is 9.80. The number of rotatable bonds is 6. The van der Waals surface area contributed by atoms with Gasteiger partial charge < -0.3 is 23.7 Å². The minimum Gasteiger partial charge on any atom is -0.423 e. The van der Waals surface area contributed by atoms with E-state index in [4.69, 9.17) is 0 Å². The maximum Gasteiger partial charge on any atom is 0.488 e. The number of benzene rings is 13. The van der Waals surface area contributed by atoms with Crippen molar-refractivity contribution in [1.29, 1.82) is 0 Å². The minimum atomic E-state index is -1.44. The highest BCUT2D eigenvalue weighted by Crippen LogP contribution is 2.43. The van der Waals surface area contributed by atoms with Gasteiger partial charge in [-0.2, -0.15) is 0 Å². The second kappa shape index (κ2) is 22.2. The van der Waals surface area contributed by atoms with Gasteiger partial charge in [0.25, 0.3) is 0 Å². The second-order valence-electron chi connectivity index (χ2n) is 22.9. The first-order valence-corrected chi connectivity index (χ1v) is 31.3. The van der Waals surface area contributed by atoms with Crippen molar-refractivity contribution in [1.82, 2.24) is 13.7 Å². The summed E-state index contributed by atoms with van der Waals surface area (Å²) < 4.78 is 9.27. The molecule has 0 aliphatic heterocycles. The second-order valence-corrected chi connectivity index (χ2v) is 24.7. The van der Waals surface area contributed by atoms with Crippen LogP contribution in [0.3, 0.4) is 0 Å². The Morgan fingerprint density at radius 3 is 0.807 bits per heavy atom. The number of hydrogen-bond acceptors (Lipinski definition) is 2. The Labute approximate surface area is 526 Å². The van der Waals surface area contributed by atoms with E-state index in [2.05, 4.69) is 288 Å². The van der Waals surface area contributed by atoms with Crippen molar-refractivity contribution in [2.45, 2.75) is 12.8 Å². The van der Waals surface area contributed by atoms with Crippen LogP contribution in [0.2, 0.25) is 0 Å². The molecule has 418 valence electrons. The number of halogens is 2. The molecule has 2 N–H and O–H groups in total. The molecule has 2 aliphatic rings. The molecule has 2 aliphatic carbocycles. The summed E-state index contributed by atoms with van der Waals surface area (Å²) in [6, 6.07) is 104. The smallest absolute Gasteiger partial charge is 0.423 e. The lowest BCUT2D eigenvalue weighted by Gasteiger charge is -2.10. The lowest BCUT2D eigenvalue weighted by molar-refractivity contribution is 0.426. The molecule has 0 saturated carbocycles. The number of fused-ring (bicyclic) bond motifs is 15. The highest BCUT2D eigenvalue weighted by molar-refractivity contribution is 9.10. The van der Waals surface area contributed by atoms with Gasteiger partial charge in [-0.1, -0.05) is 226 Å². The average Bonchev–Trinajstić information content (AvgIpc) is 3.07. The molecule has 8 heteroatoms. The Kier molecular flexibility index (Phi) is 13.5. The van der Waals surface area contributed by atoms with Crippen LogP contribution in [-0.2, 0) is 12.8 Å². The molecular weight excluding hydrogens is 1210 g/mol. The summed E-state index contributed by atoms with van der Waals surface area (Å²) in [5.74, 6) is 0. The lowest BCUT2D eigenvalue weighted by Crippen LogP contribution is -2.29. The van der Waals surface area contributed by atoms with E-state index in [1.54, 1.807) is 12.1 Å². The van der Waals surface area contributed by atoms with Gasteiger partial charge in [0.2, 0.25) is 0 Å². The Balaban J connectivity index is 0.000000137. The van der Waals surface area contributed by atoms with E-state index in [9.17, 15) is 10.0 Å². The normalized spacial score (nSPS) is 12.0. The summed E-state index contributed by atoms with van der Waals surface area (Å²) in [5.41, 5.74) is 27.1. The van der Waals surface area contributed by atoms with Gasteiger partial charge in [0.1, 0.15) is 0 Å². The Morgan fingerprint density at radius 1 is 0.261 bits per heavy atom. The van der Waals surface area contributed by atoms with Crippen molar-refractivity contribution in [2.24, 2.45) is 0 Å². The van der Waals surface area contributed by atoms with Gasteiger partial charge >= 0.3 is 7.12 Å². The van der Waals surface area contributed by atoms with Crippen LogP contribution >= 0.6 is 31.9 Å². The fraction of sp³-hybridized carbons (Fsp3) is 0.0250. The number of nitrogens with zero attached hydrogens (tertiary/aromatic N) is 3.